The van der Waals surface area contributed by atoms with Crippen LogP contribution in [-0.4, -0.2) is 49.9 Å². The summed E-state index contributed by atoms with van der Waals surface area (Å²) in [6.45, 7) is 8.46. The molecule has 1 aliphatic heterocycles. The maximum absolute atomic E-state index is 13.5. The van der Waals surface area contributed by atoms with Gasteiger partial charge in [0.05, 0.1) is 16.4 Å². The van der Waals surface area contributed by atoms with Crippen molar-refractivity contribution in [3.63, 3.8) is 0 Å². The van der Waals surface area contributed by atoms with E-state index in [2.05, 4.69) is 15.2 Å². The van der Waals surface area contributed by atoms with Gasteiger partial charge in [0.1, 0.15) is 29.3 Å². The first kappa shape index (κ1) is 30.3. The summed E-state index contributed by atoms with van der Waals surface area (Å²) in [5.74, 6) is -1.79. The molecule has 2 heterocycles. The smallest absolute Gasteiger partial charge is 0.355 e. The number of halogens is 1. The number of ether oxygens (including phenoxy) is 1. The maximum atomic E-state index is 13.5. The third-order valence-electron chi connectivity index (χ3n) is 6.24. The lowest BCUT2D eigenvalue weighted by atomic mass is 10.0. The van der Waals surface area contributed by atoms with E-state index in [9.17, 15) is 18.9 Å². The molecule has 1 aliphatic rings. The lowest BCUT2D eigenvalue weighted by Crippen LogP contribution is -2.74. The van der Waals surface area contributed by atoms with Crippen LogP contribution < -0.4 is 10.0 Å². The fourth-order valence-electron chi connectivity index (χ4n) is 4.38. The van der Waals surface area contributed by atoms with Gasteiger partial charge in [0, 0.05) is 11.6 Å². The predicted molar refractivity (Wildman–Crippen MR) is 155 cm³/mol. The normalized spacial score (nSPS) is 17.2. The fraction of sp³-hybridized carbons (Fsp3) is 0.310. The molecule has 0 saturated carbocycles. The Morgan fingerprint density at radius 2 is 1.80 bits per heavy atom. The highest BCUT2D eigenvalue weighted by atomic mass is 35.5. The molecule has 0 aliphatic carbocycles. The quantitative estimate of drug-likeness (QED) is 0.153. The van der Waals surface area contributed by atoms with Crippen molar-refractivity contribution in [1.29, 1.82) is 0 Å². The van der Waals surface area contributed by atoms with Crippen molar-refractivity contribution in [2.75, 3.05) is 0 Å². The molecule has 0 spiro atoms. The Morgan fingerprint density at radius 3 is 2.44 bits per heavy atom. The van der Waals surface area contributed by atoms with E-state index in [1.54, 1.807) is 58.9 Å². The van der Waals surface area contributed by atoms with Gasteiger partial charge in [-0.25, -0.2) is 4.79 Å². The molecule has 3 atom stereocenters. The zero-order valence-corrected chi connectivity index (χ0v) is 24.8. The number of β-lactam (4-membered cyclic amide) rings is 1. The monoisotopic (exact) mass is 598 g/mol. The van der Waals surface area contributed by atoms with Crippen LogP contribution in [0.2, 0.25) is 5.02 Å². The number of aryl methyl sites for hydroxylation is 1. The van der Waals surface area contributed by atoms with E-state index in [0.717, 1.165) is 10.5 Å². The van der Waals surface area contributed by atoms with E-state index in [1.165, 1.54) is 0 Å². The second-order valence-electron chi connectivity index (χ2n) is 9.97. The summed E-state index contributed by atoms with van der Waals surface area (Å²) in [7, 11) is 0. The first-order valence-electron chi connectivity index (χ1n) is 12.9. The minimum atomic E-state index is -1.86. The number of hydrogen-bond donors (Lipinski definition) is 2. The van der Waals surface area contributed by atoms with E-state index in [4.69, 9.17) is 20.9 Å². The van der Waals surface area contributed by atoms with E-state index >= 15 is 0 Å². The van der Waals surface area contributed by atoms with Crippen molar-refractivity contribution < 1.29 is 28.2 Å². The fourth-order valence-corrected chi connectivity index (χ4v) is 6.04. The zero-order chi connectivity index (χ0) is 29.8. The Labute approximate surface area is 246 Å². The Bertz CT molecular complexity index is 1470. The minimum absolute atomic E-state index is 0.00572. The highest BCUT2D eigenvalue weighted by Gasteiger charge is 2.59. The van der Waals surface area contributed by atoms with Crippen molar-refractivity contribution in [3.05, 3.63) is 87.8 Å². The SMILES string of the molecule is CC(C)=C(C(=O)OCc1ccccc1)N1C(=O)C(NC(=O)c2c(-c3ccccc3Cl)noc2C)[C@H]1[S+]([O-])NC(C)C. The molecule has 10 nitrogen and oxygen atoms in total. The van der Waals surface area contributed by atoms with Crippen molar-refractivity contribution in [2.45, 2.75) is 58.7 Å². The van der Waals surface area contributed by atoms with Crippen molar-refractivity contribution >= 4 is 40.7 Å². The average Bonchev–Trinajstić information content (AvgIpc) is 3.31. The van der Waals surface area contributed by atoms with Crippen molar-refractivity contribution in [3.8, 4) is 11.3 Å². The lowest BCUT2D eigenvalue weighted by Gasteiger charge is -2.46. The number of benzene rings is 2. The summed E-state index contributed by atoms with van der Waals surface area (Å²) in [5.41, 5.74) is 2.01. The molecule has 4 rings (SSSR count). The number of hydrogen-bond acceptors (Lipinski definition) is 8. The highest BCUT2D eigenvalue weighted by molar-refractivity contribution is 7.90. The van der Waals surface area contributed by atoms with Crippen LogP contribution in [0.4, 0.5) is 0 Å². The summed E-state index contributed by atoms with van der Waals surface area (Å²) < 4.78 is 27.1. The van der Waals surface area contributed by atoms with Crippen molar-refractivity contribution in [1.82, 2.24) is 20.1 Å². The highest BCUT2D eigenvalue weighted by Crippen LogP contribution is 2.34. The lowest BCUT2D eigenvalue weighted by molar-refractivity contribution is -0.152. The average molecular weight is 599 g/mol. The molecular weight excluding hydrogens is 568 g/mol. The molecule has 3 aromatic rings. The van der Waals surface area contributed by atoms with Crippen molar-refractivity contribution in [2.24, 2.45) is 0 Å². The second kappa shape index (κ2) is 12.9. The molecule has 12 heteroatoms. The summed E-state index contributed by atoms with van der Waals surface area (Å²) in [5, 5.41) is 5.97. The second-order valence-corrected chi connectivity index (χ2v) is 11.7. The Hall–Kier alpha value is -3.64. The molecule has 1 saturated heterocycles. The molecule has 1 fully saturated rings. The zero-order valence-electron chi connectivity index (χ0n) is 23.3. The van der Waals surface area contributed by atoms with Gasteiger partial charge in [0.2, 0.25) is 5.37 Å². The van der Waals surface area contributed by atoms with Crippen LogP contribution >= 0.6 is 11.6 Å². The number of likely N-dealkylation sites (tertiary alicyclic amines) is 1. The van der Waals surface area contributed by atoms with Crippen LogP contribution in [0.5, 0.6) is 0 Å². The van der Waals surface area contributed by atoms with E-state index in [1.807, 2.05) is 30.3 Å². The van der Waals surface area contributed by atoms with Crippen LogP contribution in [0.3, 0.4) is 0 Å². The Kier molecular flexibility index (Phi) is 9.54. The van der Waals surface area contributed by atoms with Crippen LogP contribution in [0.1, 0.15) is 49.4 Å². The van der Waals surface area contributed by atoms with Gasteiger partial charge in [-0.2, -0.15) is 0 Å². The van der Waals surface area contributed by atoms with E-state index < -0.39 is 40.6 Å². The topological polar surface area (TPSA) is 137 Å². The standard InChI is InChI=1S/C29H31ClN4O6S/c1-16(2)25(29(37)39-15-19-11-7-6-8-12-19)34-27(36)24(28(34)41(38)33-17(3)4)31-26(35)22-18(5)40-32-23(22)20-13-9-10-14-21(20)30/h6-14,17,24,28,33H,15H2,1-5H3,(H,31,35)/t24?,28-,41?/m1/s1. The molecule has 2 N–H and O–H groups in total. The Balaban J connectivity index is 1.61. The number of nitrogens with one attached hydrogen (secondary N) is 2. The van der Waals surface area contributed by atoms with Crippen LogP contribution in [0.25, 0.3) is 11.3 Å². The molecular formula is C29H31ClN4O6S. The molecule has 1 aromatic heterocycles. The number of rotatable bonds is 10. The van der Waals surface area contributed by atoms with Gasteiger partial charge in [0.15, 0.2) is 6.04 Å². The molecule has 2 aromatic carbocycles. The molecule has 216 valence electrons. The molecule has 0 bridgehead atoms. The number of allylic oxidation sites excluding steroid dienone is 1. The van der Waals surface area contributed by atoms with Gasteiger partial charge >= 0.3 is 5.97 Å². The molecule has 2 unspecified atom stereocenters. The number of carbonyl (C=O) groups excluding carboxylic acids is 3. The summed E-state index contributed by atoms with van der Waals surface area (Å²) in [6, 6.07) is 14.5. The molecule has 0 radical (unpaired) electrons. The summed E-state index contributed by atoms with van der Waals surface area (Å²) >= 11 is 4.47. The van der Waals surface area contributed by atoms with Gasteiger partial charge < -0.3 is 19.1 Å². The third kappa shape index (κ3) is 6.48. The summed E-state index contributed by atoms with van der Waals surface area (Å²) in [6.07, 6.45) is 0. The number of aromatic nitrogens is 1. The van der Waals surface area contributed by atoms with Crippen LogP contribution in [0.15, 0.2) is 70.4 Å². The van der Waals surface area contributed by atoms with Crippen LogP contribution in [0, 0.1) is 6.92 Å². The number of carbonyl (C=O) groups is 3. The van der Waals surface area contributed by atoms with Gasteiger partial charge in [-0.05, 0) is 51.8 Å². The molecule has 41 heavy (non-hydrogen) atoms. The predicted octanol–water partition coefficient (Wildman–Crippen LogP) is 4.27. The number of nitrogens with zero attached hydrogens (tertiary/aromatic N) is 2. The van der Waals surface area contributed by atoms with Gasteiger partial charge in [-0.1, -0.05) is 65.3 Å². The molecule has 2 amide bonds. The number of amides is 2. The largest absolute Gasteiger partial charge is 0.596 e. The third-order valence-corrected chi connectivity index (χ3v) is 8.20. The first-order valence-corrected chi connectivity index (χ1v) is 14.5. The van der Waals surface area contributed by atoms with Gasteiger partial charge in [0.25, 0.3) is 11.8 Å². The van der Waals surface area contributed by atoms with Gasteiger partial charge in [-0.3, -0.25) is 14.5 Å². The minimum Gasteiger partial charge on any atom is -0.596 e. The summed E-state index contributed by atoms with van der Waals surface area (Å²) in [4.78, 5) is 41.4. The number of esters is 1. The van der Waals surface area contributed by atoms with Gasteiger partial charge in [-0.15, -0.1) is 4.72 Å². The van der Waals surface area contributed by atoms with E-state index in [-0.39, 0.29) is 35.4 Å². The van der Waals surface area contributed by atoms with E-state index in [0.29, 0.717) is 16.2 Å². The maximum Gasteiger partial charge on any atom is 0.355 e. The first-order chi connectivity index (χ1) is 19.5. The Morgan fingerprint density at radius 1 is 1.15 bits per heavy atom. The van der Waals surface area contributed by atoms with Crippen LogP contribution in [-0.2, 0) is 32.3 Å².